The van der Waals surface area contributed by atoms with Gasteiger partial charge in [-0.25, -0.2) is 0 Å². The number of benzene rings is 1. The van der Waals surface area contributed by atoms with Crippen LogP contribution in [0.2, 0.25) is 0 Å². The first-order valence-electron chi connectivity index (χ1n) is 8.99. The number of furan rings is 1. The van der Waals surface area contributed by atoms with Crippen LogP contribution in [0.1, 0.15) is 35.9 Å². The van der Waals surface area contributed by atoms with E-state index in [-0.39, 0.29) is 11.9 Å². The predicted octanol–water partition coefficient (Wildman–Crippen LogP) is 3.59. The summed E-state index contributed by atoms with van der Waals surface area (Å²) in [5.74, 6) is 2.51. The average molecular weight is 340 g/mol. The summed E-state index contributed by atoms with van der Waals surface area (Å²) < 4.78 is 11.0. The fourth-order valence-electron chi connectivity index (χ4n) is 4.04. The zero-order valence-electron chi connectivity index (χ0n) is 14.7. The SMILES string of the molecule is Cc1ccc(Oc2ccc(C(=O)N[C@@H]3C4CCN(CC4)[C@@H]3C)cc2)o1. The van der Waals surface area contributed by atoms with Crippen LogP contribution >= 0.6 is 0 Å². The molecule has 5 heteroatoms. The summed E-state index contributed by atoms with van der Waals surface area (Å²) in [7, 11) is 0. The molecule has 1 N–H and O–H groups in total. The zero-order chi connectivity index (χ0) is 17.4. The molecule has 0 aliphatic carbocycles. The Bertz CT molecular complexity index is 743. The summed E-state index contributed by atoms with van der Waals surface area (Å²) in [6, 6.07) is 11.5. The van der Waals surface area contributed by atoms with E-state index in [0.29, 0.717) is 29.2 Å². The average Bonchev–Trinajstić information content (AvgIpc) is 3.04. The Morgan fingerprint density at radius 3 is 2.48 bits per heavy atom. The third kappa shape index (κ3) is 3.29. The number of carbonyl (C=O) groups excluding carboxylic acids is 1. The van der Waals surface area contributed by atoms with Crippen molar-refractivity contribution in [2.75, 3.05) is 13.1 Å². The number of nitrogens with zero attached hydrogens (tertiary/aromatic N) is 1. The van der Waals surface area contributed by atoms with Crippen LogP contribution in [-0.2, 0) is 0 Å². The highest BCUT2D eigenvalue weighted by molar-refractivity contribution is 5.94. The molecule has 3 saturated heterocycles. The molecule has 2 atom stereocenters. The van der Waals surface area contributed by atoms with E-state index < -0.39 is 0 Å². The molecular formula is C20H24N2O3. The highest BCUT2D eigenvalue weighted by Crippen LogP contribution is 2.32. The maximum Gasteiger partial charge on any atom is 0.290 e. The van der Waals surface area contributed by atoms with Gasteiger partial charge in [-0.15, -0.1) is 0 Å². The minimum absolute atomic E-state index is 0.00834. The maximum atomic E-state index is 12.6. The Morgan fingerprint density at radius 1 is 1.16 bits per heavy atom. The molecule has 3 aliphatic heterocycles. The second kappa shape index (κ2) is 6.56. The minimum Gasteiger partial charge on any atom is -0.431 e. The van der Waals surface area contributed by atoms with Crippen molar-refractivity contribution in [3.63, 3.8) is 0 Å². The van der Waals surface area contributed by atoms with Crippen LogP contribution in [0.3, 0.4) is 0 Å². The first kappa shape index (κ1) is 16.2. The maximum absolute atomic E-state index is 12.6. The number of aryl methyl sites for hydroxylation is 1. The van der Waals surface area contributed by atoms with Gasteiger partial charge in [0, 0.05) is 23.7 Å². The van der Waals surface area contributed by atoms with E-state index in [4.69, 9.17) is 9.15 Å². The van der Waals surface area contributed by atoms with E-state index in [1.807, 2.05) is 13.0 Å². The Hall–Kier alpha value is -2.27. The van der Waals surface area contributed by atoms with Crippen LogP contribution < -0.4 is 10.1 Å². The molecule has 2 bridgehead atoms. The Morgan fingerprint density at radius 2 is 1.88 bits per heavy atom. The molecule has 2 aromatic rings. The minimum atomic E-state index is -0.00834. The van der Waals surface area contributed by atoms with Crippen molar-refractivity contribution in [1.82, 2.24) is 10.2 Å². The second-order valence-corrected chi connectivity index (χ2v) is 7.10. The number of hydrogen-bond donors (Lipinski definition) is 1. The molecule has 1 aromatic heterocycles. The number of piperidine rings is 3. The van der Waals surface area contributed by atoms with Crippen molar-refractivity contribution < 1.29 is 13.9 Å². The van der Waals surface area contributed by atoms with Crippen molar-refractivity contribution in [2.45, 2.75) is 38.8 Å². The molecule has 4 heterocycles. The third-order valence-corrected chi connectivity index (χ3v) is 5.53. The fraction of sp³-hybridized carbons (Fsp3) is 0.450. The number of hydrogen-bond acceptors (Lipinski definition) is 4. The van der Waals surface area contributed by atoms with Crippen LogP contribution in [0.5, 0.6) is 11.7 Å². The molecule has 5 rings (SSSR count). The van der Waals surface area contributed by atoms with Gasteiger partial charge < -0.3 is 14.5 Å². The van der Waals surface area contributed by atoms with Crippen LogP contribution in [0, 0.1) is 12.8 Å². The zero-order valence-corrected chi connectivity index (χ0v) is 14.7. The summed E-state index contributed by atoms with van der Waals surface area (Å²) in [5, 5.41) is 3.25. The summed E-state index contributed by atoms with van der Waals surface area (Å²) in [4.78, 5) is 15.1. The predicted molar refractivity (Wildman–Crippen MR) is 95.0 cm³/mol. The lowest BCUT2D eigenvalue weighted by Gasteiger charge is -2.49. The largest absolute Gasteiger partial charge is 0.431 e. The van der Waals surface area contributed by atoms with E-state index in [9.17, 15) is 4.79 Å². The first-order valence-corrected chi connectivity index (χ1v) is 8.99. The lowest BCUT2D eigenvalue weighted by molar-refractivity contribution is 0.0217. The van der Waals surface area contributed by atoms with Gasteiger partial charge in [-0.2, -0.15) is 0 Å². The molecule has 1 aromatic carbocycles. The summed E-state index contributed by atoms with van der Waals surface area (Å²) in [6.45, 7) is 6.42. The molecule has 0 unspecified atom stereocenters. The number of nitrogens with one attached hydrogen (secondary N) is 1. The van der Waals surface area contributed by atoms with Crippen molar-refractivity contribution >= 4 is 5.91 Å². The first-order chi connectivity index (χ1) is 12.1. The van der Waals surface area contributed by atoms with Gasteiger partial charge in [-0.3, -0.25) is 9.69 Å². The van der Waals surface area contributed by atoms with Gasteiger partial charge in [-0.1, -0.05) is 0 Å². The van der Waals surface area contributed by atoms with E-state index in [1.165, 1.54) is 12.8 Å². The van der Waals surface area contributed by atoms with E-state index in [2.05, 4.69) is 17.1 Å². The van der Waals surface area contributed by atoms with Crippen LogP contribution in [0.25, 0.3) is 0 Å². The fourth-order valence-corrected chi connectivity index (χ4v) is 4.04. The van der Waals surface area contributed by atoms with Gasteiger partial charge in [0.25, 0.3) is 11.9 Å². The monoisotopic (exact) mass is 340 g/mol. The van der Waals surface area contributed by atoms with Crippen LogP contribution in [0.4, 0.5) is 0 Å². The van der Waals surface area contributed by atoms with Crippen molar-refractivity contribution in [2.24, 2.45) is 5.92 Å². The number of fused-ring (bicyclic) bond motifs is 3. The Kier molecular flexibility index (Phi) is 4.25. The van der Waals surface area contributed by atoms with Gasteiger partial charge in [-0.05, 0) is 76.0 Å². The van der Waals surface area contributed by atoms with Gasteiger partial charge in [0.15, 0.2) is 0 Å². The Labute approximate surface area is 148 Å². The molecule has 3 fully saturated rings. The van der Waals surface area contributed by atoms with Gasteiger partial charge in [0.1, 0.15) is 11.5 Å². The van der Waals surface area contributed by atoms with Crippen LogP contribution in [0.15, 0.2) is 40.8 Å². The molecule has 0 spiro atoms. The normalized spacial score (nSPS) is 27.9. The molecule has 0 radical (unpaired) electrons. The van der Waals surface area contributed by atoms with E-state index in [0.717, 1.165) is 18.8 Å². The molecule has 0 saturated carbocycles. The van der Waals surface area contributed by atoms with E-state index >= 15 is 0 Å². The molecular weight excluding hydrogens is 316 g/mol. The summed E-state index contributed by atoms with van der Waals surface area (Å²) >= 11 is 0. The number of carbonyl (C=O) groups is 1. The van der Waals surface area contributed by atoms with Crippen molar-refractivity contribution in [3.8, 4) is 11.7 Å². The number of amides is 1. The molecule has 3 aliphatic rings. The topological polar surface area (TPSA) is 54.7 Å². The van der Waals surface area contributed by atoms with Crippen molar-refractivity contribution in [3.05, 3.63) is 47.7 Å². The van der Waals surface area contributed by atoms with Gasteiger partial charge >= 0.3 is 0 Å². The van der Waals surface area contributed by atoms with Gasteiger partial charge in [0.2, 0.25) is 0 Å². The highest BCUT2D eigenvalue weighted by atomic mass is 16.6. The molecule has 132 valence electrons. The molecule has 25 heavy (non-hydrogen) atoms. The van der Waals surface area contributed by atoms with Crippen molar-refractivity contribution in [1.29, 1.82) is 0 Å². The molecule has 5 nitrogen and oxygen atoms in total. The number of ether oxygens (including phenoxy) is 1. The smallest absolute Gasteiger partial charge is 0.290 e. The standard InChI is InChI=1S/C20H24N2O3/c1-13-3-8-18(24-13)25-17-6-4-16(5-7-17)20(23)21-19-14(2)22-11-9-15(19)10-12-22/h3-8,14-15,19H,9-12H2,1-2H3,(H,21,23)/t14-,19+/m1/s1. The summed E-state index contributed by atoms with van der Waals surface area (Å²) in [5.41, 5.74) is 0.659. The van der Waals surface area contributed by atoms with Crippen LogP contribution in [-0.4, -0.2) is 36.0 Å². The lowest BCUT2D eigenvalue weighted by atomic mass is 9.79. The molecule has 1 amide bonds. The summed E-state index contributed by atoms with van der Waals surface area (Å²) in [6.07, 6.45) is 2.37. The Balaban J connectivity index is 1.40. The highest BCUT2D eigenvalue weighted by Gasteiger charge is 2.40. The quantitative estimate of drug-likeness (QED) is 0.924. The third-order valence-electron chi connectivity index (χ3n) is 5.53. The van der Waals surface area contributed by atoms with Gasteiger partial charge in [0.05, 0.1) is 0 Å². The van der Waals surface area contributed by atoms with E-state index in [1.54, 1.807) is 30.3 Å². The lowest BCUT2D eigenvalue weighted by Crippen LogP contribution is -2.62. The number of rotatable bonds is 4. The second-order valence-electron chi connectivity index (χ2n) is 7.10.